The van der Waals surface area contributed by atoms with Crippen LogP contribution in [0.3, 0.4) is 0 Å². The molecular formula is C5H10O2Si. The second kappa shape index (κ2) is 3.43. The van der Waals surface area contributed by atoms with Crippen molar-refractivity contribution in [3.63, 3.8) is 0 Å². The maximum Gasteiger partial charge on any atom is 0.316 e. The van der Waals surface area contributed by atoms with Crippen LogP contribution in [-0.2, 0) is 9.22 Å². The van der Waals surface area contributed by atoms with Crippen LogP contribution in [-0.4, -0.2) is 15.0 Å². The Morgan fingerprint density at radius 2 is 2.25 bits per heavy atom. The lowest BCUT2D eigenvalue weighted by Gasteiger charge is -2.01. The van der Waals surface area contributed by atoms with E-state index in [1.165, 1.54) is 6.08 Å². The van der Waals surface area contributed by atoms with E-state index >= 15 is 0 Å². The van der Waals surface area contributed by atoms with E-state index in [4.69, 9.17) is 4.43 Å². The molecule has 0 radical (unpaired) electrons. The van der Waals surface area contributed by atoms with Crippen molar-refractivity contribution in [2.75, 3.05) is 0 Å². The van der Waals surface area contributed by atoms with Crippen molar-refractivity contribution < 1.29 is 9.22 Å². The molecule has 0 fully saturated rings. The smallest absolute Gasteiger partial charge is 0.316 e. The topological polar surface area (TPSA) is 26.3 Å². The monoisotopic (exact) mass is 130 g/mol. The highest BCUT2D eigenvalue weighted by Crippen LogP contribution is 1.84. The molecule has 0 amide bonds. The fourth-order valence-corrected chi connectivity index (χ4v) is 0.841. The zero-order valence-electron chi connectivity index (χ0n) is 5.18. The number of carbonyl (C=O) groups excluding carboxylic acids is 1. The van der Waals surface area contributed by atoms with Gasteiger partial charge in [0.05, 0.1) is 0 Å². The second-order valence-electron chi connectivity index (χ2n) is 1.69. The molecule has 0 spiro atoms. The first-order chi connectivity index (χ1) is 3.66. The van der Waals surface area contributed by atoms with Gasteiger partial charge >= 0.3 is 5.97 Å². The summed E-state index contributed by atoms with van der Waals surface area (Å²) in [6, 6.07) is 0. The van der Waals surface area contributed by atoms with Gasteiger partial charge in [-0.1, -0.05) is 6.58 Å². The number of hydrogen-bond acceptors (Lipinski definition) is 2. The molecule has 0 aliphatic heterocycles. The van der Waals surface area contributed by atoms with Gasteiger partial charge in [0, 0.05) is 6.08 Å². The van der Waals surface area contributed by atoms with Crippen molar-refractivity contribution in [1.29, 1.82) is 0 Å². The summed E-state index contributed by atoms with van der Waals surface area (Å²) in [6.07, 6.45) is 1.19. The maximum atomic E-state index is 10.3. The van der Waals surface area contributed by atoms with Crippen LogP contribution < -0.4 is 0 Å². The van der Waals surface area contributed by atoms with Gasteiger partial charge in [0.1, 0.15) is 0 Å². The summed E-state index contributed by atoms with van der Waals surface area (Å²) in [4.78, 5) is 10.3. The Bertz CT molecular complexity index is 98.6. The summed E-state index contributed by atoms with van der Waals surface area (Å²) in [5.74, 6) is -0.299. The highest BCUT2D eigenvalue weighted by Gasteiger charge is 1.98. The fraction of sp³-hybridized carbons (Fsp3) is 0.400. The molecule has 0 rings (SSSR count). The van der Waals surface area contributed by atoms with E-state index in [0.717, 1.165) is 0 Å². The molecule has 0 aromatic heterocycles. The first-order valence-corrected chi connectivity index (χ1v) is 5.28. The Hall–Kier alpha value is -0.573. The Morgan fingerprint density at radius 3 is 2.38 bits per heavy atom. The average Bonchev–Trinajstić information content (AvgIpc) is 1.65. The number of rotatable bonds is 2. The summed E-state index contributed by atoms with van der Waals surface area (Å²) < 4.78 is 4.78. The minimum absolute atomic E-state index is 0.299. The minimum Gasteiger partial charge on any atom is -0.520 e. The van der Waals surface area contributed by atoms with Gasteiger partial charge in [-0.2, -0.15) is 0 Å². The summed E-state index contributed by atoms with van der Waals surface area (Å²) in [5, 5.41) is 0. The molecule has 0 N–H and O–H groups in total. The van der Waals surface area contributed by atoms with Gasteiger partial charge in [-0.15, -0.1) is 0 Å². The third kappa shape index (κ3) is 3.61. The van der Waals surface area contributed by atoms with Crippen molar-refractivity contribution in [1.82, 2.24) is 0 Å². The molecule has 0 bridgehead atoms. The Labute approximate surface area is 50.9 Å². The van der Waals surface area contributed by atoms with Crippen molar-refractivity contribution in [2.24, 2.45) is 0 Å². The summed E-state index contributed by atoms with van der Waals surface area (Å²) >= 11 is 0. The lowest BCUT2D eigenvalue weighted by molar-refractivity contribution is -0.129. The van der Waals surface area contributed by atoms with E-state index in [-0.39, 0.29) is 5.97 Å². The number of hydrogen-bond donors (Lipinski definition) is 0. The Balaban J connectivity index is 3.39. The standard InChI is InChI=1S/C5H10O2Si/c1-4-5(6)7-8(2)3/h4,8H,1H2,2-3H3. The van der Waals surface area contributed by atoms with Gasteiger partial charge in [-0.25, -0.2) is 4.79 Å². The Morgan fingerprint density at radius 1 is 1.75 bits per heavy atom. The van der Waals surface area contributed by atoms with Gasteiger partial charge < -0.3 is 4.43 Å². The van der Waals surface area contributed by atoms with Gasteiger partial charge in [0.2, 0.25) is 9.04 Å². The molecule has 0 heterocycles. The van der Waals surface area contributed by atoms with Crippen molar-refractivity contribution in [2.45, 2.75) is 13.1 Å². The van der Waals surface area contributed by atoms with Crippen LogP contribution in [0.15, 0.2) is 12.7 Å². The van der Waals surface area contributed by atoms with E-state index in [0.29, 0.717) is 0 Å². The molecular weight excluding hydrogens is 120 g/mol. The van der Waals surface area contributed by atoms with Crippen LogP contribution in [0.4, 0.5) is 0 Å². The lowest BCUT2D eigenvalue weighted by atomic mass is 10.7. The fourth-order valence-electron chi connectivity index (χ4n) is 0.280. The first kappa shape index (κ1) is 7.43. The van der Waals surface area contributed by atoms with Crippen LogP contribution >= 0.6 is 0 Å². The summed E-state index contributed by atoms with van der Waals surface area (Å²) in [5.41, 5.74) is 0. The van der Waals surface area contributed by atoms with E-state index < -0.39 is 9.04 Å². The molecule has 0 saturated heterocycles. The zero-order chi connectivity index (χ0) is 6.57. The van der Waals surface area contributed by atoms with E-state index in [1.807, 2.05) is 13.1 Å². The van der Waals surface area contributed by atoms with Crippen LogP contribution in [0.25, 0.3) is 0 Å². The molecule has 0 aliphatic rings. The normalized spacial score (nSPS) is 8.88. The molecule has 3 heteroatoms. The van der Waals surface area contributed by atoms with E-state index in [9.17, 15) is 4.79 Å². The minimum atomic E-state index is -1.17. The molecule has 2 nitrogen and oxygen atoms in total. The molecule has 46 valence electrons. The largest absolute Gasteiger partial charge is 0.520 e. The molecule has 0 unspecified atom stereocenters. The molecule has 0 saturated carbocycles. The summed E-state index contributed by atoms with van der Waals surface area (Å²) in [7, 11) is -1.17. The van der Waals surface area contributed by atoms with Crippen molar-refractivity contribution >= 4 is 15.0 Å². The quantitative estimate of drug-likeness (QED) is 0.406. The predicted octanol–water partition coefficient (Wildman–Crippen LogP) is 0.699. The van der Waals surface area contributed by atoms with Crippen LogP contribution in [0.5, 0.6) is 0 Å². The van der Waals surface area contributed by atoms with Crippen molar-refractivity contribution in [3.8, 4) is 0 Å². The van der Waals surface area contributed by atoms with Crippen LogP contribution in [0.1, 0.15) is 0 Å². The SMILES string of the molecule is C=CC(=O)O[SiH](C)C. The van der Waals surface area contributed by atoms with E-state index in [1.54, 1.807) is 0 Å². The average molecular weight is 130 g/mol. The molecule has 0 aromatic carbocycles. The van der Waals surface area contributed by atoms with Crippen LogP contribution in [0, 0.1) is 0 Å². The lowest BCUT2D eigenvalue weighted by Crippen LogP contribution is -2.12. The Kier molecular flexibility index (Phi) is 3.19. The van der Waals surface area contributed by atoms with Gasteiger partial charge in [0.25, 0.3) is 0 Å². The van der Waals surface area contributed by atoms with E-state index in [2.05, 4.69) is 6.58 Å². The van der Waals surface area contributed by atoms with Crippen molar-refractivity contribution in [3.05, 3.63) is 12.7 Å². The highest BCUT2D eigenvalue weighted by atomic mass is 28.3. The second-order valence-corrected chi connectivity index (χ2v) is 4.02. The van der Waals surface area contributed by atoms with Gasteiger partial charge in [-0.3, -0.25) is 0 Å². The number of carbonyl (C=O) groups is 1. The highest BCUT2D eigenvalue weighted by molar-refractivity contribution is 6.50. The predicted molar refractivity (Wildman–Crippen MR) is 35.2 cm³/mol. The molecule has 8 heavy (non-hydrogen) atoms. The third-order valence-corrected chi connectivity index (χ3v) is 1.22. The van der Waals surface area contributed by atoms with Crippen LogP contribution in [0.2, 0.25) is 13.1 Å². The molecule has 0 aliphatic carbocycles. The first-order valence-electron chi connectivity index (χ1n) is 2.50. The van der Waals surface area contributed by atoms with Gasteiger partial charge in [-0.05, 0) is 13.1 Å². The summed E-state index contributed by atoms with van der Waals surface area (Å²) in [6.45, 7) is 7.13. The zero-order valence-corrected chi connectivity index (χ0v) is 6.33. The van der Waals surface area contributed by atoms with Gasteiger partial charge in [0.15, 0.2) is 0 Å². The maximum absolute atomic E-state index is 10.3. The molecule has 0 atom stereocenters. The third-order valence-electron chi connectivity index (χ3n) is 0.519. The molecule has 0 aromatic rings.